The fourth-order valence-electron chi connectivity index (χ4n) is 2.84. The van der Waals surface area contributed by atoms with Crippen molar-refractivity contribution >= 4 is 34.1 Å². The number of thiazole rings is 1. The third-order valence-corrected chi connectivity index (χ3v) is 6.28. The van der Waals surface area contributed by atoms with E-state index in [1.54, 1.807) is 30.3 Å². The number of nitrogens with zero attached hydrogens (tertiary/aromatic N) is 4. The Kier molecular flexibility index (Phi) is 6.47. The van der Waals surface area contributed by atoms with E-state index >= 15 is 0 Å². The molecule has 1 unspecified atom stereocenters. The molecular weight excluding hydrogens is 456 g/mol. The topological polar surface area (TPSA) is 81.9 Å². The van der Waals surface area contributed by atoms with Gasteiger partial charge >= 0.3 is 0 Å². The van der Waals surface area contributed by atoms with E-state index in [4.69, 9.17) is 4.74 Å². The Hall–Kier alpha value is -3.31. The highest BCUT2D eigenvalue weighted by molar-refractivity contribution is 8.00. The zero-order valence-electron chi connectivity index (χ0n) is 17.0. The van der Waals surface area contributed by atoms with Crippen LogP contribution in [0.2, 0.25) is 0 Å². The molecular formula is C21H17F2N5O2S2. The molecule has 7 nitrogen and oxygen atoms in total. The highest BCUT2D eigenvalue weighted by Crippen LogP contribution is 2.30. The molecule has 1 amide bonds. The molecule has 1 N–H and O–H groups in total. The molecule has 0 aliphatic carbocycles. The first-order chi connectivity index (χ1) is 15.5. The van der Waals surface area contributed by atoms with E-state index in [1.165, 1.54) is 29.2 Å². The summed E-state index contributed by atoms with van der Waals surface area (Å²) in [5, 5.41) is 12.9. The summed E-state index contributed by atoms with van der Waals surface area (Å²) >= 11 is 2.43. The average molecular weight is 474 g/mol. The van der Waals surface area contributed by atoms with Crippen LogP contribution in [0.25, 0.3) is 16.9 Å². The minimum Gasteiger partial charge on any atom is -0.495 e. The van der Waals surface area contributed by atoms with Gasteiger partial charge in [0.25, 0.3) is 0 Å². The Morgan fingerprint density at radius 3 is 2.81 bits per heavy atom. The fourth-order valence-corrected chi connectivity index (χ4v) is 4.39. The number of ether oxygens (including phenoxy) is 1. The number of para-hydroxylation sites is 2. The van der Waals surface area contributed by atoms with Crippen molar-refractivity contribution in [2.45, 2.75) is 17.3 Å². The second-order valence-corrected chi connectivity index (χ2v) is 8.74. The zero-order chi connectivity index (χ0) is 22.7. The molecule has 0 aliphatic heterocycles. The summed E-state index contributed by atoms with van der Waals surface area (Å²) in [5.41, 5.74) is 1.62. The number of aromatic nitrogens is 4. The first kappa shape index (κ1) is 21.9. The summed E-state index contributed by atoms with van der Waals surface area (Å²) in [4.78, 5) is 17.0. The van der Waals surface area contributed by atoms with Gasteiger partial charge in [0.1, 0.15) is 12.1 Å². The quantitative estimate of drug-likeness (QED) is 0.389. The van der Waals surface area contributed by atoms with Crippen LogP contribution in [-0.2, 0) is 4.79 Å². The SMILES string of the molecule is COc1ccccc1-n1cnnc1SC(C)C(=O)Nc1nc(-c2ccc(F)c(F)c2)cs1. The lowest BCUT2D eigenvalue weighted by Crippen LogP contribution is -2.22. The first-order valence-corrected chi connectivity index (χ1v) is 11.1. The molecule has 0 bridgehead atoms. The van der Waals surface area contributed by atoms with E-state index in [-0.39, 0.29) is 5.91 Å². The lowest BCUT2D eigenvalue weighted by atomic mass is 10.2. The van der Waals surface area contributed by atoms with E-state index < -0.39 is 16.9 Å². The number of hydrogen-bond donors (Lipinski definition) is 1. The molecule has 1 atom stereocenters. The van der Waals surface area contributed by atoms with Crippen LogP contribution >= 0.6 is 23.1 Å². The smallest absolute Gasteiger partial charge is 0.239 e. The monoisotopic (exact) mass is 473 g/mol. The summed E-state index contributed by atoms with van der Waals surface area (Å²) in [6.45, 7) is 1.74. The predicted molar refractivity (Wildman–Crippen MR) is 119 cm³/mol. The molecule has 0 fully saturated rings. The number of anilines is 1. The number of hydrogen-bond acceptors (Lipinski definition) is 7. The number of carbonyl (C=O) groups excluding carboxylic acids is 1. The normalized spacial score (nSPS) is 11.9. The number of amides is 1. The van der Waals surface area contributed by atoms with Gasteiger partial charge in [0, 0.05) is 10.9 Å². The minimum atomic E-state index is -0.953. The summed E-state index contributed by atoms with van der Waals surface area (Å²) < 4.78 is 33.8. The van der Waals surface area contributed by atoms with Crippen LogP contribution in [0.1, 0.15) is 6.92 Å². The van der Waals surface area contributed by atoms with Crippen LogP contribution in [0.4, 0.5) is 13.9 Å². The number of nitrogens with one attached hydrogen (secondary N) is 1. The highest BCUT2D eigenvalue weighted by Gasteiger charge is 2.21. The van der Waals surface area contributed by atoms with E-state index in [0.717, 1.165) is 17.8 Å². The van der Waals surface area contributed by atoms with Gasteiger partial charge in [0.05, 0.1) is 23.7 Å². The number of halogens is 2. The molecule has 11 heteroatoms. The Labute approximate surface area is 190 Å². The summed E-state index contributed by atoms with van der Waals surface area (Å²) in [5.74, 6) is -1.51. The van der Waals surface area contributed by atoms with Gasteiger partial charge in [-0.15, -0.1) is 21.5 Å². The maximum Gasteiger partial charge on any atom is 0.239 e. The molecule has 2 aromatic heterocycles. The molecule has 0 radical (unpaired) electrons. The van der Waals surface area contributed by atoms with Crippen LogP contribution in [0, 0.1) is 11.6 Å². The lowest BCUT2D eigenvalue weighted by Gasteiger charge is -2.13. The Morgan fingerprint density at radius 1 is 1.22 bits per heavy atom. The van der Waals surface area contributed by atoms with Crippen molar-refractivity contribution in [2.24, 2.45) is 0 Å². The Balaban J connectivity index is 1.45. The largest absolute Gasteiger partial charge is 0.495 e. The third-order valence-electron chi connectivity index (χ3n) is 4.46. The maximum absolute atomic E-state index is 13.5. The predicted octanol–water partition coefficient (Wildman–Crippen LogP) is 4.80. The van der Waals surface area contributed by atoms with E-state index in [9.17, 15) is 13.6 Å². The molecule has 32 heavy (non-hydrogen) atoms. The van der Waals surface area contributed by atoms with Crippen LogP contribution in [0.3, 0.4) is 0 Å². The van der Waals surface area contributed by atoms with Gasteiger partial charge in [0.2, 0.25) is 5.91 Å². The zero-order valence-corrected chi connectivity index (χ0v) is 18.6. The average Bonchev–Trinajstić information content (AvgIpc) is 3.45. The molecule has 2 aromatic carbocycles. The number of methoxy groups -OCH3 is 1. The maximum atomic E-state index is 13.5. The highest BCUT2D eigenvalue weighted by atomic mass is 32.2. The third kappa shape index (κ3) is 4.63. The van der Waals surface area contributed by atoms with Crippen LogP contribution < -0.4 is 10.1 Å². The molecule has 0 saturated heterocycles. The number of benzene rings is 2. The minimum absolute atomic E-state index is 0.282. The fraction of sp³-hybridized carbons (Fsp3) is 0.143. The van der Waals surface area contributed by atoms with E-state index in [1.807, 2.05) is 24.3 Å². The number of thioether (sulfide) groups is 1. The molecule has 4 aromatic rings. The van der Waals surface area contributed by atoms with Crippen LogP contribution in [0.5, 0.6) is 5.75 Å². The molecule has 164 valence electrons. The molecule has 0 aliphatic rings. The number of rotatable bonds is 7. The van der Waals surface area contributed by atoms with Gasteiger partial charge in [-0.2, -0.15) is 0 Å². The van der Waals surface area contributed by atoms with Crippen molar-refractivity contribution in [3.63, 3.8) is 0 Å². The van der Waals surface area contributed by atoms with Crippen molar-refractivity contribution in [1.82, 2.24) is 19.7 Å². The molecule has 4 rings (SSSR count). The van der Waals surface area contributed by atoms with Crippen molar-refractivity contribution in [2.75, 3.05) is 12.4 Å². The molecule has 0 saturated carbocycles. The lowest BCUT2D eigenvalue weighted by molar-refractivity contribution is -0.115. The number of carbonyl (C=O) groups is 1. The van der Waals surface area contributed by atoms with Crippen LogP contribution in [0.15, 0.2) is 59.3 Å². The Morgan fingerprint density at radius 2 is 2.03 bits per heavy atom. The second-order valence-electron chi connectivity index (χ2n) is 6.57. The van der Waals surface area contributed by atoms with Gasteiger partial charge < -0.3 is 10.1 Å². The summed E-state index contributed by atoms with van der Waals surface area (Å²) in [7, 11) is 1.58. The van der Waals surface area contributed by atoms with Crippen molar-refractivity contribution in [1.29, 1.82) is 0 Å². The van der Waals surface area contributed by atoms with Crippen molar-refractivity contribution in [3.05, 3.63) is 65.8 Å². The van der Waals surface area contributed by atoms with E-state index in [0.29, 0.717) is 27.3 Å². The van der Waals surface area contributed by atoms with Crippen LogP contribution in [-0.4, -0.2) is 38.0 Å². The standard InChI is InChI=1S/C21H17F2N5O2S2/c1-12(32-21-27-24-11-28(21)17-5-3-4-6-18(17)30-2)19(29)26-20-25-16(10-31-20)13-7-8-14(22)15(23)9-13/h3-12H,1-2H3,(H,25,26,29). The van der Waals surface area contributed by atoms with Gasteiger partial charge in [-0.1, -0.05) is 23.9 Å². The van der Waals surface area contributed by atoms with Gasteiger partial charge in [-0.3, -0.25) is 9.36 Å². The molecule has 0 spiro atoms. The summed E-state index contributed by atoms with van der Waals surface area (Å²) in [6, 6.07) is 11.0. The molecule has 2 heterocycles. The second kappa shape index (κ2) is 9.45. The first-order valence-electron chi connectivity index (χ1n) is 9.38. The van der Waals surface area contributed by atoms with Gasteiger partial charge in [-0.25, -0.2) is 13.8 Å². The van der Waals surface area contributed by atoms with Gasteiger partial charge in [-0.05, 0) is 37.3 Å². The van der Waals surface area contributed by atoms with Crippen molar-refractivity contribution < 1.29 is 18.3 Å². The Bertz CT molecular complexity index is 1260. The van der Waals surface area contributed by atoms with Crippen molar-refractivity contribution in [3.8, 4) is 22.7 Å². The van der Waals surface area contributed by atoms with E-state index in [2.05, 4.69) is 20.5 Å². The summed E-state index contributed by atoms with van der Waals surface area (Å²) in [6.07, 6.45) is 1.56. The van der Waals surface area contributed by atoms with Gasteiger partial charge in [0.15, 0.2) is 21.9 Å².